The van der Waals surface area contributed by atoms with Gasteiger partial charge in [0.1, 0.15) is 6.04 Å². The summed E-state index contributed by atoms with van der Waals surface area (Å²) in [5.41, 5.74) is 4.03. The molecule has 0 radical (unpaired) electrons. The fourth-order valence-electron chi connectivity index (χ4n) is 5.46. The van der Waals surface area contributed by atoms with Crippen LogP contribution in [-0.2, 0) is 16.1 Å². The second kappa shape index (κ2) is 10.3. The molecule has 9 nitrogen and oxygen atoms in total. The molecule has 194 valence electrons. The first-order valence-electron chi connectivity index (χ1n) is 13.0. The summed E-state index contributed by atoms with van der Waals surface area (Å²) in [6, 6.07) is 13.1. The highest BCUT2D eigenvalue weighted by Gasteiger charge is 2.44. The summed E-state index contributed by atoms with van der Waals surface area (Å²) in [7, 11) is 2.14. The second-order valence-electron chi connectivity index (χ2n) is 10.1. The minimum Gasteiger partial charge on any atom is -0.368 e. The quantitative estimate of drug-likeness (QED) is 0.580. The number of hydrogen-bond donors (Lipinski definition) is 1. The molecule has 2 saturated heterocycles. The molecule has 0 spiro atoms. The lowest BCUT2D eigenvalue weighted by atomic mass is 10.0. The number of amides is 4. The third-order valence-electron chi connectivity index (χ3n) is 7.43. The lowest BCUT2D eigenvalue weighted by molar-refractivity contribution is -0.136. The van der Waals surface area contributed by atoms with Crippen molar-refractivity contribution in [3.63, 3.8) is 0 Å². The van der Waals surface area contributed by atoms with Gasteiger partial charge in [-0.3, -0.25) is 29.4 Å². The molecule has 37 heavy (non-hydrogen) atoms. The van der Waals surface area contributed by atoms with Crippen LogP contribution >= 0.6 is 0 Å². The number of benzene rings is 2. The van der Waals surface area contributed by atoms with E-state index in [-0.39, 0.29) is 18.7 Å². The molecule has 1 unspecified atom stereocenters. The highest BCUT2D eigenvalue weighted by atomic mass is 16.2. The van der Waals surface area contributed by atoms with E-state index in [2.05, 4.69) is 58.3 Å². The van der Waals surface area contributed by atoms with E-state index in [1.54, 1.807) is 12.1 Å². The third-order valence-corrected chi connectivity index (χ3v) is 7.43. The van der Waals surface area contributed by atoms with Gasteiger partial charge in [0.05, 0.1) is 11.1 Å². The Morgan fingerprint density at radius 3 is 2.14 bits per heavy atom. The van der Waals surface area contributed by atoms with Crippen LogP contribution in [0.25, 0.3) is 0 Å². The van der Waals surface area contributed by atoms with Crippen molar-refractivity contribution in [2.75, 3.05) is 49.6 Å². The highest BCUT2D eigenvalue weighted by molar-refractivity contribution is 6.23. The summed E-state index contributed by atoms with van der Waals surface area (Å²) in [5.74, 6) is -1.92. The number of nitrogens with zero attached hydrogens (tertiary/aromatic N) is 4. The molecule has 4 amide bonds. The van der Waals surface area contributed by atoms with Gasteiger partial charge in [-0.2, -0.15) is 0 Å². The fourth-order valence-corrected chi connectivity index (χ4v) is 5.46. The fraction of sp³-hybridized carbons (Fsp3) is 0.429. The first-order valence-corrected chi connectivity index (χ1v) is 13.0. The number of anilines is 2. The van der Waals surface area contributed by atoms with Gasteiger partial charge in [0, 0.05) is 50.5 Å². The molecule has 0 bridgehead atoms. The predicted molar refractivity (Wildman–Crippen MR) is 141 cm³/mol. The highest BCUT2D eigenvalue weighted by Crippen LogP contribution is 2.31. The van der Waals surface area contributed by atoms with E-state index in [9.17, 15) is 19.2 Å². The maximum absolute atomic E-state index is 13.1. The Labute approximate surface area is 217 Å². The van der Waals surface area contributed by atoms with Crippen LogP contribution in [0.2, 0.25) is 0 Å². The summed E-state index contributed by atoms with van der Waals surface area (Å²) in [6.07, 6.45) is 1.41. The number of fused-ring (bicyclic) bond motifs is 1. The van der Waals surface area contributed by atoms with Crippen LogP contribution in [0.15, 0.2) is 42.5 Å². The first-order chi connectivity index (χ1) is 17.9. The van der Waals surface area contributed by atoms with Crippen LogP contribution < -0.4 is 15.1 Å². The molecular formula is C28H33N5O4. The number of hydrogen-bond acceptors (Lipinski definition) is 7. The SMILES string of the molecule is CCCN(C)Cc1ccc(N2CCN(c3ccc4c(c3)C(=O)N(C3CCC(=O)NC3=O)C4=O)CC2)cc1. The van der Waals surface area contributed by atoms with Crippen molar-refractivity contribution < 1.29 is 19.2 Å². The minimum absolute atomic E-state index is 0.109. The summed E-state index contributed by atoms with van der Waals surface area (Å²) >= 11 is 0. The van der Waals surface area contributed by atoms with E-state index >= 15 is 0 Å². The molecule has 0 saturated carbocycles. The van der Waals surface area contributed by atoms with Crippen molar-refractivity contribution in [3.05, 3.63) is 59.2 Å². The topological polar surface area (TPSA) is 93.3 Å². The van der Waals surface area contributed by atoms with Gasteiger partial charge in [-0.25, -0.2) is 0 Å². The van der Waals surface area contributed by atoms with E-state index in [0.717, 1.165) is 56.3 Å². The van der Waals surface area contributed by atoms with Crippen molar-refractivity contribution >= 4 is 35.0 Å². The van der Waals surface area contributed by atoms with Gasteiger partial charge in [-0.05, 0) is 62.3 Å². The van der Waals surface area contributed by atoms with Crippen molar-refractivity contribution in [1.82, 2.24) is 15.1 Å². The number of carbonyl (C=O) groups is 4. The number of piperazine rings is 1. The van der Waals surface area contributed by atoms with Gasteiger partial charge in [0.15, 0.2) is 0 Å². The lowest BCUT2D eigenvalue weighted by Gasteiger charge is -2.37. The number of nitrogens with one attached hydrogen (secondary N) is 1. The summed E-state index contributed by atoms with van der Waals surface area (Å²) < 4.78 is 0. The minimum atomic E-state index is -0.949. The molecule has 2 aromatic carbocycles. The van der Waals surface area contributed by atoms with Gasteiger partial charge in [-0.15, -0.1) is 0 Å². The lowest BCUT2D eigenvalue weighted by Crippen LogP contribution is -2.54. The Morgan fingerprint density at radius 1 is 0.865 bits per heavy atom. The van der Waals surface area contributed by atoms with Gasteiger partial charge >= 0.3 is 0 Å². The average molecular weight is 504 g/mol. The zero-order valence-corrected chi connectivity index (χ0v) is 21.4. The first kappa shape index (κ1) is 25.0. The van der Waals surface area contributed by atoms with E-state index in [4.69, 9.17) is 0 Å². The maximum atomic E-state index is 13.1. The third kappa shape index (κ3) is 4.96. The van der Waals surface area contributed by atoms with Gasteiger partial charge in [-0.1, -0.05) is 19.1 Å². The Bertz CT molecular complexity index is 1220. The van der Waals surface area contributed by atoms with Crippen LogP contribution in [0.1, 0.15) is 52.5 Å². The van der Waals surface area contributed by atoms with E-state index in [0.29, 0.717) is 11.1 Å². The van der Waals surface area contributed by atoms with Gasteiger partial charge in [0.2, 0.25) is 11.8 Å². The number of imide groups is 2. The maximum Gasteiger partial charge on any atom is 0.262 e. The predicted octanol–water partition coefficient (Wildman–Crippen LogP) is 2.26. The number of carbonyl (C=O) groups excluding carboxylic acids is 4. The van der Waals surface area contributed by atoms with Crippen molar-refractivity contribution in [3.8, 4) is 0 Å². The summed E-state index contributed by atoms with van der Waals surface area (Å²) in [6.45, 7) is 7.50. The molecule has 0 aliphatic carbocycles. The monoisotopic (exact) mass is 503 g/mol. The largest absolute Gasteiger partial charge is 0.368 e. The molecule has 2 aromatic rings. The summed E-state index contributed by atoms with van der Waals surface area (Å²) in [4.78, 5) is 57.8. The number of piperidine rings is 1. The smallest absolute Gasteiger partial charge is 0.262 e. The van der Waals surface area contributed by atoms with Crippen LogP contribution in [-0.4, -0.2) is 79.2 Å². The number of rotatable bonds is 7. The van der Waals surface area contributed by atoms with Crippen molar-refractivity contribution in [1.29, 1.82) is 0 Å². The summed E-state index contributed by atoms with van der Waals surface area (Å²) in [5, 5.41) is 2.23. The zero-order valence-electron chi connectivity index (χ0n) is 21.4. The molecule has 3 heterocycles. The Balaban J connectivity index is 1.23. The van der Waals surface area contributed by atoms with E-state index in [1.807, 2.05) is 6.07 Å². The molecule has 2 fully saturated rings. The van der Waals surface area contributed by atoms with E-state index < -0.39 is 23.8 Å². The van der Waals surface area contributed by atoms with E-state index in [1.165, 1.54) is 11.3 Å². The van der Waals surface area contributed by atoms with Crippen molar-refractivity contribution in [2.24, 2.45) is 0 Å². The molecule has 3 aliphatic heterocycles. The molecule has 9 heteroatoms. The Morgan fingerprint density at radius 2 is 1.49 bits per heavy atom. The Kier molecular flexibility index (Phi) is 6.97. The molecule has 3 aliphatic rings. The Hall–Kier alpha value is -3.72. The van der Waals surface area contributed by atoms with Gasteiger partial charge in [0.25, 0.3) is 11.8 Å². The standard InChI is InChI=1S/C28H33N5O4/c1-3-12-30(2)18-19-4-6-20(7-5-19)31-13-15-32(16-14-31)21-8-9-22-23(17-21)28(37)33(27(22)36)24-10-11-25(34)29-26(24)35/h4-9,17,24H,3,10-16,18H2,1-2H3,(H,29,34,35). The van der Waals surface area contributed by atoms with Crippen LogP contribution in [0.5, 0.6) is 0 Å². The van der Waals surface area contributed by atoms with Crippen LogP contribution in [0.3, 0.4) is 0 Å². The zero-order chi connectivity index (χ0) is 26.1. The molecule has 5 rings (SSSR count). The van der Waals surface area contributed by atoms with Gasteiger partial charge < -0.3 is 14.7 Å². The van der Waals surface area contributed by atoms with Crippen LogP contribution in [0.4, 0.5) is 11.4 Å². The molecular weight excluding hydrogens is 470 g/mol. The second-order valence-corrected chi connectivity index (χ2v) is 10.1. The van der Waals surface area contributed by atoms with Crippen LogP contribution in [0, 0.1) is 0 Å². The molecule has 1 atom stereocenters. The van der Waals surface area contributed by atoms with Crippen molar-refractivity contribution in [2.45, 2.75) is 38.8 Å². The normalized spacial score (nSPS) is 20.1. The molecule has 0 aromatic heterocycles. The average Bonchev–Trinajstić information content (AvgIpc) is 3.14. The molecule has 1 N–H and O–H groups in total.